The third-order valence-electron chi connectivity index (χ3n) is 8.23. The number of benzene rings is 3. The fourth-order valence-electron chi connectivity index (χ4n) is 5.28. The molecule has 0 saturated carbocycles. The molecule has 0 aliphatic carbocycles. The first-order valence-corrected chi connectivity index (χ1v) is 19.2. The molecular weight excluding hydrogens is 687 g/mol. The number of carbonyl (C=O) groups excluding carboxylic acids is 2. The fourth-order valence-corrected chi connectivity index (χ4v) is 6.73. The summed E-state index contributed by atoms with van der Waals surface area (Å²) in [5.41, 5.74) is 1.17. The standard InChI is InChI=1S/C40H53O11P/c1-29-34(44-23-30-17-11-8-12-18-30)36(46-25-32-21-15-10-16-22-32)35(45-24-31-19-13-9-14-20-31)33(51-29)26-52(43,49-27-47-37(41)39(2,3)4)50-28-48-38(42)40(5,6)7/h8-22,29,33-36H,23-28H2,1-7H3. The van der Waals surface area contributed by atoms with Crippen molar-refractivity contribution in [2.24, 2.45) is 10.8 Å². The van der Waals surface area contributed by atoms with E-state index in [-0.39, 0.29) is 19.4 Å². The molecule has 0 spiro atoms. The summed E-state index contributed by atoms with van der Waals surface area (Å²) in [5.74, 6) is -1.12. The van der Waals surface area contributed by atoms with Crippen LogP contribution < -0.4 is 0 Å². The van der Waals surface area contributed by atoms with Crippen molar-refractivity contribution >= 4 is 19.5 Å². The van der Waals surface area contributed by atoms with Gasteiger partial charge in [0.15, 0.2) is 0 Å². The molecule has 0 aromatic heterocycles. The van der Waals surface area contributed by atoms with Crippen LogP contribution in [0.4, 0.5) is 0 Å². The molecule has 0 radical (unpaired) electrons. The van der Waals surface area contributed by atoms with Crippen molar-refractivity contribution in [3.05, 3.63) is 108 Å². The average Bonchev–Trinajstić information content (AvgIpc) is 3.10. The van der Waals surface area contributed by atoms with Gasteiger partial charge in [-0.1, -0.05) is 91.0 Å². The molecule has 1 fully saturated rings. The Kier molecular flexibility index (Phi) is 15.2. The van der Waals surface area contributed by atoms with Gasteiger partial charge >= 0.3 is 19.5 Å². The van der Waals surface area contributed by atoms with Gasteiger partial charge in [0.05, 0.1) is 49.0 Å². The van der Waals surface area contributed by atoms with Gasteiger partial charge in [0.25, 0.3) is 0 Å². The molecule has 52 heavy (non-hydrogen) atoms. The summed E-state index contributed by atoms with van der Waals surface area (Å²) >= 11 is 0. The molecule has 0 N–H and O–H groups in total. The highest BCUT2D eigenvalue weighted by Gasteiger charge is 2.49. The quantitative estimate of drug-likeness (QED) is 0.0763. The van der Waals surface area contributed by atoms with Gasteiger partial charge in [0.2, 0.25) is 13.6 Å². The molecular formula is C40H53O11P. The predicted octanol–water partition coefficient (Wildman–Crippen LogP) is 7.85. The number of rotatable bonds is 17. The van der Waals surface area contributed by atoms with Crippen molar-refractivity contribution in [3.63, 3.8) is 0 Å². The second kappa shape index (κ2) is 19.1. The summed E-state index contributed by atoms with van der Waals surface area (Å²) in [6, 6.07) is 29.1. The van der Waals surface area contributed by atoms with E-state index >= 15 is 0 Å². The minimum absolute atomic E-state index is 0.189. The van der Waals surface area contributed by atoms with Crippen LogP contribution in [0.15, 0.2) is 91.0 Å². The Balaban J connectivity index is 1.65. The van der Waals surface area contributed by atoms with Crippen molar-refractivity contribution in [3.8, 4) is 0 Å². The molecule has 5 unspecified atom stereocenters. The minimum atomic E-state index is -4.21. The van der Waals surface area contributed by atoms with Crippen molar-refractivity contribution in [2.75, 3.05) is 19.7 Å². The van der Waals surface area contributed by atoms with Gasteiger partial charge in [-0.2, -0.15) is 0 Å². The smallest absolute Gasteiger partial charge is 0.339 e. The molecule has 3 aromatic carbocycles. The molecule has 1 saturated heterocycles. The van der Waals surface area contributed by atoms with E-state index in [1.54, 1.807) is 41.5 Å². The predicted molar refractivity (Wildman–Crippen MR) is 195 cm³/mol. The first kappa shape index (κ1) is 41.3. The van der Waals surface area contributed by atoms with Gasteiger partial charge < -0.3 is 28.4 Å². The Bertz CT molecular complexity index is 1540. The summed E-state index contributed by atoms with van der Waals surface area (Å²) in [4.78, 5) is 25.0. The van der Waals surface area contributed by atoms with Gasteiger partial charge in [-0.25, -0.2) is 0 Å². The summed E-state index contributed by atoms with van der Waals surface area (Å²) in [7, 11) is -4.21. The number of esters is 2. The van der Waals surface area contributed by atoms with E-state index in [9.17, 15) is 14.2 Å². The van der Waals surface area contributed by atoms with E-state index in [0.29, 0.717) is 6.61 Å². The van der Waals surface area contributed by atoms with Crippen LogP contribution in [0.2, 0.25) is 0 Å². The Morgan fingerprint density at radius 2 is 0.962 bits per heavy atom. The maximum atomic E-state index is 14.5. The third-order valence-corrected chi connectivity index (χ3v) is 10.0. The highest BCUT2D eigenvalue weighted by Crippen LogP contribution is 2.51. The Morgan fingerprint density at radius 1 is 0.596 bits per heavy atom. The van der Waals surface area contributed by atoms with E-state index in [0.717, 1.165) is 16.7 Å². The summed E-state index contributed by atoms with van der Waals surface area (Å²) in [5, 5.41) is 0. The minimum Gasteiger partial charge on any atom is -0.438 e. The topological polar surface area (TPSA) is 125 Å². The number of hydrogen-bond acceptors (Lipinski definition) is 11. The van der Waals surface area contributed by atoms with Crippen LogP contribution in [0.1, 0.15) is 65.2 Å². The fraction of sp³-hybridized carbons (Fsp3) is 0.500. The number of carbonyl (C=O) groups is 2. The van der Waals surface area contributed by atoms with E-state index in [1.807, 2.05) is 97.9 Å². The van der Waals surface area contributed by atoms with E-state index in [4.69, 9.17) is 37.5 Å². The van der Waals surface area contributed by atoms with Crippen LogP contribution in [0, 0.1) is 10.8 Å². The Hall–Kier alpha value is -3.41. The Morgan fingerprint density at radius 3 is 1.35 bits per heavy atom. The average molecular weight is 741 g/mol. The lowest BCUT2D eigenvalue weighted by molar-refractivity contribution is -0.257. The lowest BCUT2D eigenvalue weighted by Gasteiger charge is -2.46. The van der Waals surface area contributed by atoms with E-state index in [2.05, 4.69) is 0 Å². The molecule has 284 valence electrons. The number of ether oxygens (including phenoxy) is 6. The highest BCUT2D eigenvalue weighted by molar-refractivity contribution is 7.53. The van der Waals surface area contributed by atoms with Crippen LogP contribution >= 0.6 is 7.60 Å². The largest absolute Gasteiger partial charge is 0.438 e. The molecule has 0 bridgehead atoms. The molecule has 1 heterocycles. The monoisotopic (exact) mass is 740 g/mol. The summed E-state index contributed by atoms with van der Waals surface area (Å²) in [6.07, 6.45) is -3.95. The first-order chi connectivity index (χ1) is 24.6. The molecule has 1 aliphatic rings. The molecule has 12 heteroatoms. The van der Waals surface area contributed by atoms with Crippen molar-refractivity contribution in [1.29, 1.82) is 0 Å². The normalized spacial score (nSPS) is 21.0. The second-order valence-electron chi connectivity index (χ2n) is 14.8. The van der Waals surface area contributed by atoms with Gasteiger partial charge in [0.1, 0.15) is 18.3 Å². The summed E-state index contributed by atoms with van der Waals surface area (Å²) in [6.45, 7) is 11.4. The van der Waals surface area contributed by atoms with Crippen molar-refractivity contribution in [2.45, 2.75) is 98.8 Å². The Labute approximate surface area is 307 Å². The van der Waals surface area contributed by atoms with Gasteiger partial charge in [-0.05, 0) is 65.2 Å². The maximum Gasteiger partial charge on any atom is 0.339 e. The molecule has 5 atom stereocenters. The van der Waals surface area contributed by atoms with Crippen LogP contribution in [0.3, 0.4) is 0 Å². The van der Waals surface area contributed by atoms with Gasteiger partial charge in [-0.15, -0.1) is 0 Å². The second-order valence-corrected chi connectivity index (χ2v) is 16.9. The highest BCUT2D eigenvalue weighted by atomic mass is 31.2. The van der Waals surface area contributed by atoms with Gasteiger partial charge in [0, 0.05) is 0 Å². The van der Waals surface area contributed by atoms with E-state index < -0.39 is 74.5 Å². The zero-order chi connectivity index (χ0) is 37.8. The third kappa shape index (κ3) is 12.9. The maximum absolute atomic E-state index is 14.5. The van der Waals surface area contributed by atoms with Crippen LogP contribution in [0.25, 0.3) is 0 Å². The lowest BCUT2D eigenvalue weighted by Crippen LogP contribution is -2.60. The SMILES string of the molecule is CC1OC(CP(=O)(OCOC(=O)C(C)(C)C)OCOC(=O)C(C)(C)C)C(OCc2ccccc2)C(OCc2ccccc2)C1OCc1ccccc1. The van der Waals surface area contributed by atoms with Crippen LogP contribution in [-0.2, 0) is 71.4 Å². The lowest BCUT2D eigenvalue weighted by atomic mass is 9.95. The van der Waals surface area contributed by atoms with Crippen LogP contribution in [-0.4, -0.2) is 62.2 Å². The molecule has 4 rings (SSSR count). The van der Waals surface area contributed by atoms with Crippen LogP contribution in [0.5, 0.6) is 0 Å². The zero-order valence-electron chi connectivity index (χ0n) is 31.2. The summed E-state index contributed by atoms with van der Waals surface area (Å²) < 4.78 is 62.8. The number of hydrogen-bond donors (Lipinski definition) is 0. The molecule has 11 nitrogen and oxygen atoms in total. The van der Waals surface area contributed by atoms with Crippen molar-refractivity contribution in [1.82, 2.24) is 0 Å². The van der Waals surface area contributed by atoms with Crippen molar-refractivity contribution < 1.29 is 51.6 Å². The molecule has 1 aliphatic heterocycles. The zero-order valence-corrected chi connectivity index (χ0v) is 32.1. The first-order valence-electron chi connectivity index (χ1n) is 17.5. The van der Waals surface area contributed by atoms with E-state index in [1.165, 1.54) is 0 Å². The molecule has 0 amide bonds. The molecule has 3 aromatic rings. The van der Waals surface area contributed by atoms with Gasteiger partial charge in [-0.3, -0.25) is 23.2 Å².